The van der Waals surface area contributed by atoms with Gasteiger partial charge in [-0.2, -0.15) is 13.2 Å². The van der Waals surface area contributed by atoms with Gasteiger partial charge in [0, 0.05) is 22.7 Å². The Bertz CT molecular complexity index is 703. The first-order valence-electron chi connectivity index (χ1n) is 7.75. The Kier molecular flexibility index (Phi) is 6.69. The number of hydrogen-bond acceptors (Lipinski definition) is 5. The third kappa shape index (κ3) is 4.45. The standard InChI is InChI=1S/C17H19F3N2O2S/c1-3-4-11-12(16-22-7-10-25-16)5-6-13(14(11)21-2)15(17(18,19)20)24-9-8-23/h5-7,10,15,23H,2-4,8-9H2,1H3. The van der Waals surface area contributed by atoms with E-state index in [1.165, 1.54) is 17.4 Å². The number of aliphatic imine (C=N–C) groups is 1. The molecule has 136 valence electrons. The number of aromatic nitrogens is 1. The number of hydrogen-bond donors (Lipinski definition) is 1. The minimum atomic E-state index is -4.62. The molecule has 0 aliphatic carbocycles. The van der Waals surface area contributed by atoms with Gasteiger partial charge in [0.15, 0.2) is 6.10 Å². The van der Waals surface area contributed by atoms with E-state index in [1.54, 1.807) is 12.3 Å². The Morgan fingerprint density at radius 1 is 1.40 bits per heavy atom. The second kappa shape index (κ2) is 8.55. The summed E-state index contributed by atoms with van der Waals surface area (Å²) in [5.41, 5.74) is 1.51. The molecule has 1 aromatic heterocycles. The van der Waals surface area contributed by atoms with Gasteiger partial charge in [-0.3, -0.25) is 4.99 Å². The molecule has 1 heterocycles. The number of nitrogens with zero attached hydrogens (tertiary/aromatic N) is 2. The Hall–Kier alpha value is -1.77. The molecule has 2 rings (SSSR count). The molecule has 8 heteroatoms. The highest BCUT2D eigenvalue weighted by molar-refractivity contribution is 7.13. The van der Waals surface area contributed by atoms with Crippen molar-refractivity contribution in [3.63, 3.8) is 0 Å². The van der Waals surface area contributed by atoms with Gasteiger partial charge in [-0.25, -0.2) is 4.98 Å². The molecule has 0 radical (unpaired) electrons. The number of ether oxygens (including phenoxy) is 1. The smallest absolute Gasteiger partial charge is 0.394 e. The normalized spacial score (nSPS) is 13.0. The van der Waals surface area contributed by atoms with Crippen LogP contribution in [-0.2, 0) is 11.2 Å². The number of rotatable bonds is 8. The van der Waals surface area contributed by atoms with Crippen molar-refractivity contribution < 1.29 is 23.0 Å². The minimum absolute atomic E-state index is 0.0975. The number of benzene rings is 1. The van der Waals surface area contributed by atoms with Gasteiger partial charge >= 0.3 is 6.18 Å². The van der Waals surface area contributed by atoms with Crippen molar-refractivity contribution in [2.45, 2.75) is 32.0 Å². The van der Waals surface area contributed by atoms with Crippen LogP contribution in [0.4, 0.5) is 18.9 Å². The predicted octanol–water partition coefficient (Wildman–Crippen LogP) is 4.71. The molecule has 2 aromatic rings. The van der Waals surface area contributed by atoms with E-state index in [4.69, 9.17) is 9.84 Å². The number of alkyl halides is 3. The maximum absolute atomic E-state index is 13.5. The summed E-state index contributed by atoms with van der Waals surface area (Å²) in [4.78, 5) is 8.13. The maximum Gasteiger partial charge on any atom is 0.418 e. The largest absolute Gasteiger partial charge is 0.418 e. The quantitative estimate of drug-likeness (QED) is 0.683. The first-order chi connectivity index (χ1) is 11.9. The van der Waals surface area contributed by atoms with E-state index in [-0.39, 0.29) is 11.3 Å². The molecule has 0 amide bonds. The minimum Gasteiger partial charge on any atom is -0.394 e. The summed E-state index contributed by atoms with van der Waals surface area (Å²) in [6.45, 7) is 4.49. The van der Waals surface area contributed by atoms with Crippen molar-refractivity contribution in [1.29, 1.82) is 0 Å². The van der Waals surface area contributed by atoms with Crippen molar-refractivity contribution in [1.82, 2.24) is 4.98 Å². The first-order valence-corrected chi connectivity index (χ1v) is 8.63. The van der Waals surface area contributed by atoms with Gasteiger partial charge in [-0.15, -0.1) is 11.3 Å². The van der Waals surface area contributed by atoms with E-state index in [0.29, 0.717) is 12.0 Å². The third-order valence-electron chi connectivity index (χ3n) is 3.59. The summed E-state index contributed by atoms with van der Waals surface area (Å²) >= 11 is 1.41. The summed E-state index contributed by atoms with van der Waals surface area (Å²) in [6.07, 6.45) is -3.87. The van der Waals surface area contributed by atoms with Crippen LogP contribution in [0, 0.1) is 0 Å². The molecule has 1 atom stereocenters. The Morgan fingerprint density at radius 3 is 2.68 bits per heavy atom. The molecule has 1 N–H and O–H groups in total. The van der Waals surface area contributed by atoms with Crippen LogP contribution in [0.25, 0.3) is 10.6 Å². The van der Waals surface area contributed by atoms with Crippen molar-refractivity contribution in [3.8, 4) is 10.6 Å². The number of thiazole rings is 1. The van der Waals surface area contributed by atoms with Crippen LogP contribution in [-0.4, -0.2) is 36.2 Å². The van der Waals surface area contributed by atoms with Crippen LogP contribution < -0.4 is 0 Å². The molecule has 1 aromatic carbocycles. The van der Waals surface area contributed by atoms with Crippen molar-refractivity contribution in [3.05, 3.63) is 34.8 Å². The van der Waals surface area contributed by atoms with E-state index in [0.717, 1.165) is 17.0 Å². The summed E-state index contributed by atoms with van der Waals surface area (Å²) in [5.74, 6) is 0. The van der Waals surface area contributed by atoms with E-state index >= 15 is 0 Å². The zero-order valence-electron chi connectivity index (χ0n) is 13.7. The molecule has 0 saturated carbocycles. The van der Waals surface area contributed by atoms with Gasteiger partial charge in [-0.05, 0) is 18.7 Å². The fourth-order valence-electron chi connectivity index (χ4n) is 2.64. The molecule has 4 nitrogen and oxygen atoms in total. The monoisotopic (exact) mass is 372 g/mol. The van der Waals surface area contributed by atoms with E-state index < -0.39 is 25.5 Å². The van der Waals surface area contributed by atoms with Gasteiger partial charge in [0.05, 0.1) is 18.9 Å². The lowest BCUT2D eigenvalue weighted by Gasteiger charge is -2.24. The van der Waals surface area contributed by atoms with E-state index in [1.807, 2.05) is 12.3 Å². The molecular weight excluding hydrogens is 353 g/mol. The second-order valence-electron chi connectivity index (χ2n) is 5.29. The fourth-order valence-corrected chi connectivity index (χ4v) is 3.33. The third-order valence-corrected chi connectivity index (χ3v) is 4.40. The Balaban J connectivity index is 2.62. The number of halogens is 3. The molecular formula is C17H19F3N2O2S. The van der Waals surface area contributed by atoms with Crippen LogP contribution in [0.15, 0.2) is 28.7 Å². The van der Waals surface area contributed by atoms with E-state index in [9.17, 15) is 13.2 Å². The zero-order chi connectivity index (χ0) is 18.4. The first kappa shape index (κ1) is 19.6. The van der Waals surface area contributed by atoms with Crippen molar-refractivity contribution in [2.75, 3.05) is 13.2 Å². The Morgan fingerprint density at radius 2 is 2.16 bits per heavy atom. The molecule has 0 fully saturated rings. The van der Waals surface area contributed by atoms with Crippen molar-refractivity contribution in [2.24, 2.45) is 4.99 Å². The highest BCUT2D eigenvalue weighted by Crippen LogP contribution is 2.44. The molecule has 0 spiro atoms. The fraction of sp³-hybridized carbons (Fsp3) is 0.412. The number of aliphatic hydroxyl groups is 1. The zero-order valence-corrected chi connectivity index (χ0v) is 14.5. The van der Waals surface area contributed by atoms with Gasteiger partial charge in [-0.1, -0.05) is 25.5 Å². The summed E-state index contributed by atoms with van der Waals surface area (Å²) in [7, 11) is 0. The van der Waals surface area contributed by atoms with Crippen LogP contribution in [0.2, 0.25) is 0 Å². The highest BCUT2D eigenvalue weighted by atomic mass is 32.1. The van der Waals surface area contributed by atoms with Crippen LogP contribution in [0.5, 0.6) is 0 Å². The van der Waals surface area contributed by atoms with Gasteiger partial charge in [0.25, 0.3) is 0 Å². The van der Waals surface area contributed by atoms with Crippen LogP contribution in [0.1, 0.15) is 30.6 Å². The molecule has 0 aliphatic heterocycles. The second-order valence-corrected chi connectivity index (χ2v) is 6.19. The number of aliphatic hydroxyl groups excluding tert-OH is 1. The van der Waals surface area contributed by atoms with Gasteiger partial charge < -0.3 is 9.84 Å². The molecule has 1 unspecified atom stereocenters. The summed E-state index contributed by atoms with van der Waals surface area (Å²) in [5, 5.41) is 11.4. The molecule has 0 bridgehead atoms. The summed E-state index contributed by atoms with van der Waals surface area (Å²) < 4.78 is 45.2. The SMILES string of the molecule is C=Nc1c(C(OCCO)C(F)(F)F)ccc(-c2nccs2)c1CCC. The van der Waals surface area contributed by atoms with Crippen molar-refractivity contribution >= 4 is 23.7 Å². The average Bonchev–Trinajstić information content (AvgIpc) is 3.08. The lowest BCUT2D eigenvalue weighted by Crippen LogP contribution is -2.25. The maximum atomic E-state index is 13.5. The van der Waals surface area contributed by atoms with Gasteiger partial charge in [0.2, 0.25) is 0 Å². The lowest BCUT2D eigenvalue weighted by atomic mass is 9.94. The lowest BCUT2D eigenvalue weighted by molar-refractivity contribution is -0.225. The molecule has 0 saturated heterocycles. The summed E-state index contributed by atoms with van der Waals surface area (Å²) in [6, 6.07) is 2.98. The van der Waals surface area contributed by atoms with Crippen LogP contribution >= 0.6 is 11.3 Å². The average molecular weight is 372 g/mol. The topological polar surface area (TPSA) is 54.7 Å². The molecule has 25 heavy (non-hydrogen) atoms. The predicted molar refractivity (Wildman–Crippen MR) is 92.6 cm³/mol. The van der Waals surface area contributed by atoms with E-state index in [2.05, 4.69) is 16.7 Å². The molecule has 0 aliphatic rings. The Labute approximate surface area is 148 Å². The van der Waals surface area contributed by atoms with Gasteiger partial charge in [0.1, 0.15) is 5.01 Å². The highest BCUT2D eigenvalue weighted by Gasteiger charge is 2.43. The van der Waals surface area contributed by atoms with Crippen LogP contribution in [0.3, 0.4) is 0 Å².